The van der Waals surface area contributed by atoms with Gasteiger partial charge in [-0.15, -0.1) is 0 Å². The van der Waals surface area contributed by atoms with E-state index in [1.54, 1.807) is 0 Å². The van der Waals surface area contributed by atoms with Crippen LogP contribution >= 0.6 is 0 Å². The van der Waals surface area contributed by atoms with Crippen LogP contribution in [0.4, 0.5) is 0 Å². The molecule has 1 saturated heterocycles. The van der Waals surface area contributed by atoms with E-state index in [-0.39, 0.29) is 5.84 Å². The molecule has 1 fully saturated rings. The first-order chi connectivity index (χ1) is 8.15. The van der Waals surface area contributed by atoms with Gasteiger partial charge in [0.15, 0.2) is 0 Å². The molecule has 17 heavy (non-hydrogen) atoms. The molecule has 0 amide bonds. The third-order valence-electron chi connectivity index (χ3n) is 2.91. The van der Waals surface area contributed by atoms with Crippen molar-refractivity contribution in [3.05, 3.63) is 35.4 Å². The van der Waals surface area contributed by atoms with Gasteiger partial charge in [-0.25, -0.2) is 0 Å². The Bertz CT molecular complexity index is 437. The first-order valence-electron chi connectivity index (χ1n) is 5.66. The van der Waals surface area contributed by atoms with Crippen LogP contribution in [0.2, 0.25) is 0 Å². The molecule has 0 bridgehead atoms. The lowest BCUT2D eigenvalue weighted by Gasteiger charge is -2.26. The number of hydrogen-bond donors (Lipinski definition) is 2. The van der Waals surface area contributed by atoms with E-state index in [0.717, 1.165) is 42.3 Å². The predicted octanol–water partition coefficient (Wildman–Crippen LogP) is 0.535. The molecule has 4 nitrogen and oxygen atoms in total. The maximum absolute atomic E-state index is 11.2. The molecule has 3 N–H and O–H groups in total. The Kier molecular flexibility index (Phi) is 3.91. The van der Waals surface area contributed by atoms with E-state index in [1.165, 1.54) is 0 Å². The topological polar surface area (TPSA) is 70.2 Å². The molecule has 5 heteroatoms. The predicted molar refractivity (Wildman–Crippen MR) is 70.6 cm³/mol. The average molecular weight is 251 g/mol. The van der Waals surface area contributed by atoms with Crippen LogP contribution in [0.3, 0.4) is 0 Å². The molecule has 92 valence electrons. The van der Waals surface area contributed by atoms with Crippen molar-refractivity contribution in [3.63, 3.8) is 0 Å². The third-order valence-corrected chi connectivity index (χ3v) is 4.19. The summed E-state index contributed by atoms with van der Waals surface area (Å²) in [5.41, 5.74) is 7.39. The molecule has 0 aromatic heterocycles. The molecule has 1 aliphatic rings. The van der Waals surface area contributed by atoms with Gasteiger partial charge < -0.3 is 5.73 Å². The molecule has 1 aromatic carbocycles. The molecule has 0 atom stereocenters. The van der Waals surface area contributed by atoms with E-state index in [9.17, 15) is 4.21 Å². The van der Waals surface area contributed by atoms with Gasteiger partial charge in [0, 0.05) is 47.5 Å². The molecule has 2 rings (SSSR count). The second-order valence-electron chi connectivity index (χ2n) is 4.24. The highest BCUT2D eigenvalue weighted by atomic mass is 32.2. The lowest BCUT2D eigenvalue weighted by atomic mass is 10.1. The van der Waals surface area contributed by atoms with Gasteiger partial charge in [0.05, 0.1) is 0 Å². The molecule has 0 spiro atoms. The Hall–Kier alpha value is -1.20. The van der Waals surface area contributed by atoms with Crippen LogP contribution in [0.15, 0.2) is 24.3 Å². The van der Waals surface area contributed by atoms with E-state index in [1.807, 2.05) is 24.3 Å². The van der Waals surface area contributed by atoms with Crippen molar-refractivity contribution < 1.29 is 4.21 Å². The van der Waals surface area contributed by atoms with Gasteiger partial charge in [-0.1, -0.05) is 18.2 Å². The number of hydrogen-bond acceptors (Lipinski definition) is 3. The fourth-order valence-corrected chi connectivity index (χ4v) is 3.06. The lowest BCUT2D eigenvalue weighted by Crippen LogP contribution is -2.37. The van der Waals surface area contributed by atoms with E-state index >= 15 is 0 Å². The molecule has 1 aliphatic heterocycles. The molecule has 1 heterocycles. The summed E-state index contributed by atoms with van der Waals surface area (Å²) in [5, 5.41) is 7.40. The van der Waals surface area contributed by atoms with Crippen molar-refractivity contribution in [2.75, 3.05) is 24.6 Å². The maximum atomic E-state index is 11.2. The Morgan fingerprint density at radius 2 is 2.12 bits per heavy atom. The fourth-order valence-electron chi connectivity index (χ4n) is 1.93. The Morgan fingerprint density at radius 3 is 2.76 bits per heavy atom. The van der Waals surface area contributed by atoms with Gasteiger partial charge in [-0.2, -0.15) is 0 Å². The largest absolute Gasteiger partial charge is 0.384 e. The molecule has 0 unspecified atom stereocenters. The van der Waals surface area contributed by atoms with E-state index in [0.29, 0.717) is 0 Å². The lowest BCUT2D eigenvalue weighted by molar-refractivity contribution is 0.291. The third kappa shape index (κ3) is 3.38. The first-order valence-corrected chi connectivity index (χ1v) is 7.14. The van der Waals surface area contributed by atoms with Gasteiger partial charge in [0.1, 0.15) is 5.84 Å². The van der Waals surface area contributed by atoms with Gasteiger partial charge in [0.25, 0.3) is 0 Å². The molecular weight excluding hydrogens is 234 g/mol. The summed E-state index contributed by atoms with van der Waals surface area (Å²) in [7, 11) is -0.626. The Labute approximate surface area is 104 Å². The van der Waals surface area contributed by atoms with Gasteiger partial charge in [-0.3, -0.25) is 14.5 Å². The normalized spacial score (nSPS) is 18.1. The van der Waals surface area contributed by atoms with Crippen LogP contribution in [0.25, 0.3) is 0 Å². The molecule has 0 aliphatic carbocycles. The van der Waals surface area contributed by atoms with Gasteiger partial charge in [-0.05, 0) is 11.6 Å². The number of nitrogens with two attached hydrogens (primary N) is 1. The van der Waals surface area contributed by atoms with Crippen molar-refractivity contribution in [2.24, 2.45) is 5.73 Å². The minimum atomic E-state index is -0.626. The number of rotatable bonds is 3. The summed E-state index contributed by atoms with van der Waals surface area (Å²) in [6, 6.07) is 7.76. The molecular formula is C12H17N3OS. The quantitative estimate of drug-likeness (QED) is 0.608. The summed E-state index contributed by atoms with van der Waals surface area (Å²) < 4.78 is 11.2. The highest BCUT2D eigenvalue weighted by molar-refractivity contribution is 7.85. The summed E-state index contributed by atoms with van der Waals surface area (Å²) in [6.45, 7) is 2.62. The number of benzene rings is 1. The van der Waals surface area contributed by atoms with Crippen LogP contribution < -0.4 is 5.73 Å². The smallest absolute Gasteiger partial charge is 0.122 e. The minimum absolute atomic E-state index is 0.103. The highest BCUT2D eigenvalue weighted by Gasteiger charge is 2.15. The standard InChI is InChI=1S/C12H17N3OS/c13-12(14)11-3-1-2-10(8-11)9-15-4-6-17(16)7-5-15/h1-3,8H,4-7,9H2,(H3,13,14). The SMILES string of the molecule is N=C(N)c1cccc(CN2CCS(=O)CC2)c1. The maximum Gasteiger partial charge on any atom is 0.122 e. The van der Waals surface area contributed by atoms with Crippen LogP contribution in [0.1, 0.15) is 11.1 Å². The van der Waals surface area contributed by atoms with E-state index < -0.39 is 10.8 Å². The Morgan fingerprint density at radius 1 is 1.41 bits per heavy atom. The summed E-state index contributed by atoms with van der Waals surface area (Å²) >= 11 is 0. The van der Waals surface area contributed by atoms with Crippen LogP contribution in [0, 0.1) is 5.41 Å². The monoisotopic (exact) mass is 251 g/mol. The number of amidine groups is 1. The second-order valence-corrected chi connectivity index (χ2v) is 5.93. The highest BCUT2D eigenvalue weighted by Crippen LogP contribution is 2.10. The minimum Gasteiger partial charge on any atom is -0.384 e. The zero-order valence-electron chi connectivity index (χ0n) is 9.69. The van der Waals surface area contributed by atoms with Crippen LogP contribution in [0.5, 0.6) is 0 Å². The van der Waals surface area contributed by atoms with Crippen LogP contribution in [-0.4, -0.2) is 39.5 Å². The van der Waals surface area contributed by atoms with Crippen molar-refractivity contribution in [2.45, 2.75) is 6.54 Å². The van der Waals surface area contributed by atoms with E-state index in [2.05, 4.69) is 4.90 Å². The fraction of sp³-hybridized carbons (Fsp3) is 0.417. The molecule has 1 aromatic rings. The second kappa shape index (κ2) is 5.42. The average Bonchev–Trinajstić information content (AvgIpc) is 2.32. The summed E-state index contributed by atoms with van der Waals surface area (Å²) in [6.07, 6.45) is 0. The summed E-state index contributed by atoms with van der Waals surface area (Å²) in [4.78, 5) is 2.29. The number of nitrogens with one attached hydrogen (secondary N) is 1. The zero-order chi connectivity index (χ0) is 12.3. The molecule has 0 radical (unpaired) electrons. The zero-order valence-corrected chi connectivity index (χ0v) is 10.5. The number of nitrogens with zero attached hydrogens (tertiary/aromatic N) is 1. The van der Waals surface area contributed by atoms with Crippen molar-refractivity contribution in [1.29, 1.82) is 5.41 Å². The van der Waals surface area contributed by atoms with Gasteiger partial charge >= 0.3 is 0 Å². The van der Waals surface area contributed by atoms with Gasteiger partial charge in [0.2, 0.25) is 0 Å². The van der Waals surface area contributed by atoms with Crippen molar-refractivity contribution >= 4 is 16.6 Å². The first kappa shape index (κ1) is 12.3. The Balaban J connectivity index is 2.01. The molecule has 0 saturated carbocycles. The van der Waals surface area contributed by atoms with Crippen LogP contribution in [-0.2, 0) is 17.3 Å². The van der Waals surface area contributed by atoms with Crippen molar-refractivity contribution in [3.8, 4) is 0 Å². The summed E-state index contributed by atoms with van der Waals surface area (Å²) in [5.74, 6) is 1.64. The van der Waals surface area contributed by atoms with E-state index in [4.69, 9.17) is 11.1 Å². The number of nitrogen functional groups attached to an aromatic ring is 1. The van der Waals surface area contributed by atoms with Crippen molar-refractivity contribution in [1.82, 2.24) is 4.90 Å².